The van der Waals surface area contributed by atoms with Crippen molar-refractivity contribution < 1.29 is 0 Å². The van der Waals surface area contributed by atoms with Gasteiger partial charge in [-0.3, -0.25) is 0 Å². The number of likely N-dealkylation sites (tertiary alicyclic amines) is 1. The summed E-state index contributed by atoms with van der Waals surface area (Å²) in [6, 6.07) is 2.43. The third-order valence-corrected chi connectivity index (χ3v) is 3.86. The van der Waals surface area contributed by atoms with Gasteiger partial charge >= 0.3 is 0 Å². The smallest absolute Gasteiger partial charge is 0.135 e. The lowest BCUT2D eigenvalue weighted by atomic mass is 10.0. The Morgan fingerprint density at radius 3 is 2.53 bits per heavy atom. The lowest BCUT2D eigenvalue weighted by Gasteiger charge is -2.35. The van der Waals surface area contributed by atoms with E-state index in [0.29, 0.717) is 17.8 Å². The second-order valence-corrected chi connectivity index (χ2v) is 5.81. The average molecular weight is 263 g/mol. The maximum atomic E-state index is 5.90. The zero-order valence-corrected chi connectivity index (χ0v) is 12.4. The summed E-state index contributed by atoms with van der Waals surface area (Å²) in [6.07, 6.45) is 2.35. The molecule has 2 N–H and O–H groups in total. The zero-order chi connectivity index (χ0) is 14.0. The molecule has 0 saturated carbocycles. The van der Waals surface area contributed by atoms with Crippen LogP contribution in [0.25, 0.3) is 0 Å². The molecule has 1 aromatic rings. The Labute approximate surface area is 115 Å². The van der Waals surface area contributed by atoms with Crippen molar-refractivity contribution >= 4 is 11.6 Å². The van der Waals surface area contributed by atoms with Crippen molar-refractivity contribution in [2.24, 2.45) is 0 Å². The van der Waals surface area contributed by atoms with E-state index in [0.717, 1.165) is 24.7 Å². The molecule has 1 fully saturated rings. The fraction of sp³-hybridized carbons (Fsp3) is 0.714. The van der Waals surface area contributed by atoms with Crippen LogP contribution in [0.3, 0.4) is 0 Å². The predicted octanol–water partition coefficient (Wildman–Crippen LogP) is 1.71. The molecular formula is C14H25N5. The van der Waals surface area contributed by atoms with Crippen LogP contribution in [-0.2, 0) is 0 Å². The highest BCUT2D eigenvalue weighted by atomic mass is 15.2. The van der Waals surface area contributed by atoms with Crippen LogP contribution >= 0.6 is 0 Å². The van der Waals surface area contributed by atoms with Gasteiger partial charge in [0.15, 0.2) is 0 Å². The van der Waals surface area contributed by atoms with E-state index in [-0.39, 0.29) is 0 Å². The highest BCUT2D eigenvalue weighted by molar-refractivity contribution is 5.47. The van der Waals surface area contributed by atoms with Gasteiger partial charge in [0.05, 0.1) is 0 Å². The van der Waals surface area contributed by atoms with Gasteiger partial charge in [0, 0.05) is 25.1 Å². The van der Waals surface area contributed by atoms with E-state index in [1.54, 1.807) is 0 Å². The molecule has 0 spiro atoms. The van der Waals surface area contributed by atoms with Gasteiger partial charge in [0.1, 0.15) is 17.5 Å². The third kappa shape index (κ3) is 3.35. The topological polar surface area (TPSA) is 58.3 Å². The lowest BCUT2D eigenvalue weighted by molar-refractivity contribution is 0.252. The maximum absolute atomic E-state index is 5.90. The van der Waals surface area contributed by atoms with Gasteiger partial charge in [-0.15, -0.1) is 0 Å². The molecule has 5 nitrogen and oxygen atoms in total. The van der Waals surface area contributed by atoms with Crippen LogP contribution in [0.4, 0.5) is 11.6 Å². The molecule has 0 amide bonds. The van der Waals surface area contributed by atoms with E-state index in [1.807, 2.05) is 6.07 Å². The van der Waals surface area contributed by atoms with Crippen LogP contribution in [0, 0.1) is 0 Å². The van der Waals surface area contributed by atoms with E-state index < -0.39 is 0 Å². The summed E-state index contributed by atoms with van der Waals surface area (Å²) in [5, 5.41) is 0. The van der Waals surface area contributed by atoms with Crippen molar-refractivity contribution in [3.05, 3.63) is 11.9 Å². The third-order valence-electron chi connectivity index (χ3n) is 3.86. The summed E-state index contributed by atoms with van der Waals surface area (Å²) >= 11 is 0. The van der Waals surface area contributed by atoms with Gasteiger partial charge in [0.2, 0.25) is 0 Å². The molecule has 0 unspecified atom stereocenters. The van der Waals surface area contributed by atoms with Crippen molar-refractivity contribution in [3.8, 4) is 0 Å². The van der Waals surface area contributed by atoms with Crippen molar-refractivity contribution in [2.45, 2.75) is 38.6 Å². The highest BCUT2D eigenvalue weighted by Gasteiger charge is 2.22. The lowest BCUT2D eigenvalue weighted by Crippen LogP contribution is -2.42. The number of piperidine rings is 1. The molecule has 0 aliphatic carbocycles. The Morgan fingerprint density at radius 2 is 1.95 bits per heavy atom. The molecule has 0 aromatic carbocycles. The molecule has 0 bridgehead atoms. The van der Waals surface area contributed by atoms with Gasteiger partial charge in [-0.1, -0.05) is 13.8 Å². The van der Waals surface area contributed by atoms with Crippen molar-refractivity contribution in [3.63, 3.8) is 0 Å². The zero-order valence-electron chi connectivity index (χ0n) is 12.4. The first-order valence-corrected chi connectivity index (χ1v) is 7.03. The number of hydrogen-bond acceptors (Lipinski definition) is 5. The second kappa shape index (κ2) is 5.74. The first kappa shape index (κ1) is 14.1. The number of rotatable bonds is 3. The molecule has 2 heterocycles. The summed E-state index contributed by atoms with van der Waals surface area (Å²) in [7, 11) is 4.29. The molecule has 1 aliphatic rings. The number of aromatic nitrogens is 2. The SMILES string of the molecule is CC(C)c1nc(N)cc(N(C)C2CCN(C)CC2)n1. The summed E-state index contributed by atoms with van der Waals surface area (Å²) < 4.78 is 0. The molecule has 1 aromatic heterocycles. The fourth-order valence-electron chi connectivity index (χ4n) is 2.48. The monoisotopic (exact) mass is 263 g/mol. The molecule has 19 heavy (non-hydrogen) atoms. The van der Waals surface area contributed by atoms with Gasteiger partial charge in [0.25, 0.3) is 0 Å². The highest BCUT2D eigenvalue weighted by Crippen LogP contribution is 2.23. The number of anilines is 2. The first-order valence-electron chi connectivity index (χ1n) is 7.03. The van der Waals surface area contributed by atoms with Crippen LogP contribution in [0.1, 0.15) is 38.4 Å². The molecule has 1 saturated heterocycles. The molecule has 1 aliphatic heterocycles. The van der Waals surface area contributed by atoms with E-state index >= 15 is 0 Å². The summed E-state index contributed by atoms with van der Waals surface area (Å²) in [4.78, 5) is 13.6. The van der Waals surface area contributed by atoms with Crippen LogP contribution in [-0.4, -0.2) is 48.1 Å². The largest absolute Gasteiger partial charge is 0.384 e. The van der Waals surface area contributed by atoms with E-state index in [1.165, 1.54) is 12.8 Å². The van der Waals surface area contributed by atoms with Crippen LogP contribution in [0.5, 0.6) is 0 Å². The Hall–Kier alpha value is -1.36. The Kier molecular flexibility index (Phi) is 4.24. The number of nitrogens with zero attached hydrogens (tertiary/aromatic N) is 4. The first-order chi connectivity index (χ1) is 8.97. The summed E-state index contributed by atoms with van der Waals surface area (Å²) in [5.74, 6) is 2.64. The van der Waals surface area contributed by atoms with Gasteiger partial charge in [-0.05, 0) is 33.0 Å². The number of nitrogen functional groups attached to an aromatic ring is 1. The van der Waals surface area contributed by atoms with Crippen LogP contribution in [0.15, 0.2) is 6.07 Å². The standard InChI is InChI=1S/C14H25N5/c1-10(2)14-16-12(15)9-13(17-14)19(4)11-5-7-18(3)8-6-11/h9-11H,5-8H2,1-4H3,(H2,15,16,17). The van der Waals surface area contributed by atoms with Crippen LogP contribution in [0.2, 0.25) is 0 Å². The summed E-state index contributed by atoms with van der Waals surface area (Å²) in [5.41, 5.74) is 5.90. The summed E-state index contributed by atoms with van der Waals surface area (Å²) in [6.45, 7) is 6.47. The molecular weight excluding hydrogens is 238 g/mol. The van der Waals surface area contributed by atoms with Crippen LogP contribution < -0.4 is 10.6 Å². The number of nitrogens with two attached hydrogens (primary N) is 1. The Balaban J connectivity index is 2.16. The van der Waals surface area contributed by atoms with E-state index in [9.17, 15) is 0 Å². The Bertz CT molecular complexity index is 424. The molecule has 2 rings (SSSR count). The van der Waals surface area contributed by atoms with E-state index in [4.69, 9.17) is 5.73 Å². The molecule has 106 valence electrons. The quantitative estimate of drug-likeness (QED) is 0.899. The van der Waals surface area contributed by atoms with E-state index in [2.05, 4.69) is 47.7 Å². The minimum atomic E-state index is 0.299. The minimum absolute atomic E-state index is 0.299. The molecule has 5 heteroatoms. The minimum Gasteiger partial charge on any atom is -0.384 e. The van der Waals surface area contributed by atoms with Gasteiger partial charge in [-0.25, -0.2) is 9.97 Å². The molecule has 0 radical (unpaired) electrons. The normalized spacial score (nSPS) is 17.9. The van der Waals surface area contributed by atoms with Gasteiger partial charge in [-0.2, -0.15) is 0 Å². The maximum Gasteiger partial charge on any atom is 0.135 e. The Morgan fingerprint density at radius 1 is 1.32 bits per heavy atom. The van der Waals surface area contributed by atoms with Crippen molar-refractivity contribution in [2.75, 3.05) is 37.8 Å². The van der Waals surface area contributed by atoms with Crippen molar-refractivity contribution in [1.82, 2.24) is 14.9 Å². The van der Waals surface area contributed by atoms with Crippen molar-refractivity contribution in [1.29, 1.82) is 0 Å². The average Bonchev–Trinajstić information content (AvgIpc) is 2.38. The second-order valence-electron chi connectivity index (χ2n) is 5.81. The molecule has 0 atom stereocenters. The number of hydrogen-bond donors (Lipinski definition) is 1. The predicted molar refractivity (Wildman–Crippen MR) is 79.5 cm³/mol. The van der Waals surface area contributed by atoms with Gasteiger partial charge < -0.3 is 15.5 Å². The fourth-order valence-corrected chi connectivity index (χ4v) is 2.48.